The highest BCUT2D eigenvalue weighted by atomic mass is 15.2. The van der Waals surface area contributed by atoms with Crippen molar-refractivity contribution in [3.8, 4) is 0 Å². The fourth-order valence-corrected chi connectivity index (χ4v) is 0.854. The number of hydrogen-bond donors (Lipinski definition) is 0. The van der Waals surface area contributed by atoms with Gasteiger partial charge in [-0.3, -0.25) is 4.58 Å². The first kappa shape index (κ1) is 6.33. The van der Waals surface area contributed by atoms with Crippen LogP contribution in [0.15, 0.2) is 11.8 Å². The molecule has 0 aromatic carbocycles. The first-order valence-electron chi connectivity index (χ1n) is 3.15. The quantitative estimate of drug-likeness (QED) is 0.427. The van der Waals surface area contributed by atoms with Crippen molar-refractivity contribution in [2.24, 2.45) is 0 Å². The molecular formula is C7H13N2+. The zero-order valence-corrected chi connectivity index (χ0v) is 6.26. The number of nitrogens with zero attached hydrogens (tertiary/aromatic N) is 2. The van der Waals surface area contributed by atoms with E-state index >= 15 is 0 Å². The van der Waals surface area contributed by atoms with E-state index in [1.807, 2.05) is 0 Å². The van der Waals surface area contributed by atoms with Crippen molar-refractivity contribution in [2.75, 3.05) is 20.6 Å². The van der Waals surface area contributed by atoms with Crippen molar-refractivity contribution in [1.82, 2.24) is 4.90 Å². The average Bonchev–Trinajstić information content (AvgIpc) is 1.80. The molecule has 9 heavy (non-hydrogen) atoms. The Morgan fingerprint density at radius 1 is 1.67 bits per heavy atom. The van der Waals surface area contributed by atoms with Gasteiger partial charge in [-0.1, -0.05) is 0 Å². The van der Waals surface area contributed by atoms with Gasteiger partial charge in [-0.25, -0.2) is 4.90 Å². The molecule has 1 rings (SSSR count). The Morgan fingerprint density at radius 2 is 2.33 bits per heavy atom. The number of rotatable bonds is 0. The molecule has 50 valence electrons. The molecule has 1 aliphatic rings. The molecule has 0 atom stereocenters. The van der Waals surface area contributed by atoms with Gasteiger partial charge in [-0.2, -0.15) is 0 Å². The van der Waals surface area contributed by atoms with Crippen LogP contribution in [-0.4, -0.2) is 36.5 Å². The molecule has 0 amide bonds. The van der Waals surface area contributed by atoms with E-state index in [1.54, 1.807) is 0 Å². The van der Waals surface area contributed by atoms with Crippen LogP contribution < -0.4 is 0 Å². The van der Waals surface area contributed by atoms with E-state index in [0.29, 0.717) is 0 Å². The van der Waals surface area contributed by atoms with Crippen LogP contribution in [0.5, 0.6) is 0 Å². The zero-order chi connectivity index (χ0) is 6.85. The maximum atomic E-state index is 2.21. The Labute approximate surface area is 56.1 Å². The number of likely N-dealkylation sites (N-methyl/N-ethyl adjacent to an activating group) is 1. The van der Waals surface area contributed by atoms with Crippen molar-refractivity contribution in [3.05, 3.63) is 11.8 Å². The second kappa shape index (κ2) is 2.21. The van der Waals surface area contributed by atoms with E-state index in [-0.39, 0.29) is 0 Å². The van der Waals surface area contributed by atoms with Gasteiger partial charge >= 0.3 is 0 Å². The van der Waals surface area contributed by atoms with Gasteiger partial charge in [-0.05, 0) is 13.0 Å². The Bertz CT molecular complexity index is 168. The molecule has 0 aromatic heterocycles. The molecular weight excluding hydrogens is 112 g/mol. The minimum Gasteiger partial charge on any atom is -0.267 e. The lowest BCUT2D eigenvalue weighted by molar-refractivity contribution is -0.488. The van der Waals surface area contributed by atoms with Crippen LogP contribution >= 0.6 is 0 Å². The van der Waals surface area contributed by atoms with Crippen LogP contribution in [0.25, 0.3) is 0 Å². The molecule has 0 saturated carbocycles. The predicted octanol–water partition coefficient (Wildman–Crippen LogP) is 0.506. The molecule has 0 saturated heterocycles. The fourth-order valence-electron chi connectivity index (χ4n) is 0.854. The molecule has 0 aliphatic carbocycles. The molecule has 0 spiro atoms. The highest BCUT2D eigenvalue weighted by Crippen LogP contribution is 1.99. The molecule has 0 fully saturated rings. The Morgan fingerprint density at radius 3 is 2.78 bits per heavy atom. The maximum Gasteiger partial charge on any atom is 0.238 e. The van der Waals surface area contributed by atoms with E-state index in [9.17, 15) is 0 Å². The maximum absolute atomic E-state index is 2.21. The number of allylic oxidation sites excluding steroid dienone is 1. The van der Waals surface area contributed by atoms with Crippen LogP contribution in [0.2, 0.25) is 0 Å². The predicted molar refractivity (Wildman–Crippen MR) is 38.6 cm³/mol. The summed E-state index contributed by atoms with van der Waals surface area (Å²) in [7, 11) is 4.13. The van der Waals surface area contributed by atoms with E-state index in [4.69, 9.17) is 0 Å². The Hall–Kier alpha value is -0.790. The summed E-state index contributed by atoms with van der Waals surface area (Å²) >= 11 is 0. The molecule has 0 unspecified atom stereocenters. The van der Waals surface area contributed by atoms with Gasteiger partial charge in [0.15, 0.2) is 0 Å². The van der Waals surface area contributed by atoms with E-state index in [0.717, 1.165) is 6.54 Å². The summed E-state index contributed by atoms with van der Waals surface area (Å²) in [5.41, 5.74) is 1.33. The largest absolute Gasteiger partial charge is 0.267 e. The Balaban J connectivity index is 2.70. The first-order valence-corrected chi connectivity index (χ1v) is 3.15. The monoisotopic (exact) mass is 125 g/mol. The fraction of sp³-hybridized carbons (Fsp3) is 0.571. The summed E-state index contributed by atoms with van der Waals surface area (Å²) in [4.78, 5) is 2.11. The van der Waals surface area contributed by atoms with Crippen LogP contribution in [0.4, 0.5) is 0 Å². The van der Waals surface area contributed by atoms with Gasteiger partial charge in [0.2, 0.25) is 6.34 Å². The van der Waals surface area contributed by atoms with Gasteiger partial charge in [0.25, 0.3) is 0 Å². The first-order chi connectivity index (χ1) is 4.20. The van der Waals surface area contributed by atoms with Crippen molar-refractivity contribution < 1.29 is 4.58 Å². The van der Waals surface area contributed by atoms with Crippen molar-refractivity contribution in [2.45, 2.75) is 6.92 Å². The van der Waals surface area contributed by atoms with Gasteiger partial charge in [0.1, 0.15) is 6.54 Å². The van der Waals surface area contributed by atoms with Crippen LogP contribution in [0.3, 0.4) is 0 Å². The summed E-state index contributed by atoms with van der Waals surface area (Å²) in [5, 5.41) is 0. The minimum atomic E-state index is 1.04. The van der Waals surface area contributed by atoms with Crippen LogP contribution in [0.1, 0.15) is 6.92 Å². The second-order valence-electron chi connectivity index (χ2n) is 2.51. The normalized spacial score (nSPS) is 19.2. The summed E-state index contributed by atoms with van der Waals surface area (Å²) < 4.78 is 2.15. The summed E-state index contributed by atoms with van der Waals surface area (Å²) in [5.74, 6) is 0. The topological polar surface area (TPSA) is 6.25 Å². The smallest absolute Gasteiger partial charge is 0.238 e. The summed E-state index contributed by atoms with van der Waals surface area (Å²) in [6, 6.07) is 0. The lowest BCUT2D eigenvalue weighted by Gasteiger charge is -2.12. The highest BCUT2D eigenvalue weighted by molar-refractivity contribution is 5.52. The second-order valence-corrected chi connectivity index (χ2v) is 2.51. The molecule has 1 aliphatic heterocycles. The Kier molecular flexibility index (Phi) is 1.56. The lowest BCUT2D eigenvalue weighted by atomic mass is 10.3. The molecule has 0 radical (unpaired) electrons. The summed E-state index contributed by atoms with van der Waals surface area (Å²) in [6.45, 7) is 3.15. The van der Waals surface area contributed by atoms with Gasteiger partial charge < -0.3 is 0 Å². The average molecular weight is 125 g/mol. The molecule has 1 heterocycles. The number of hydrogen-bond acceptors (Lipinski definition) is 1. The van der Waals surface area contributed by atoms with E-state index in [2.05, 4.69) is 42.9 Å². The van der Waals surface area contributed by atoms with Crippen LogP contribution in [0, 0.1) is 0 Å². The van der Waals surface area contributed by atoms with Gasteiger partial charge in [0, 0.05) is 0 Å². The molecule has 0 N–H and O–H groups in total. The third-order valence-corrected chi connectivity index (χ3v) is 1.60. The third kappa shape index (κ3) is 1.31. The van der Waals surface area contributed by atoms with Crippen LogP contribution in [-0.2, 0) is 0 Å². The lowest BCUT2D eigenvalue weighted by Crippen LogP contribution is -2.26. The van der Waals surface area contributed by atoms with Crippen molar-refractivity contribution in [1.29, 1.82) is 0 Å². The highest BCUT2D eigenvalue weighted by Gasteiger charge is 2.07. The van der Waals surface area contributed by atoms with E-state index < -0.39 is 0 Å². The SMILES string of the molecule is CC1=CC[N+](C)=CN1C. The molecule has 0 aromatic rings. The molecule has 2 heteroatoms. The van der Waals surface area contributed by atoms with Gasteiger partial charge in [0.05, 0.1) is 19.8 Å². The van der Waals surface area contributed by atoms with Gasteiger partial charge in [-0.15, -0.1) is 0 Å². The minimum absolute atomic E-state index is 1.04. The standard InChI is InChI=1S/C7H13N2/c1-7-4-5-8(2)6-9(7)3/h4,6H,5H2,1-3H3/q+1. The third-order valence-electron chi connectivity index (χ3n) is 1.60. The van der Waals surface area contributed by atoms with E-state index in [1.165, 1.54) is 5.70 Å². The molecule has 0 bridgehead atoms. The van der Waals surface area contributed by atoms with Crippen molar-refractivity contribution >= 4 is 6.34 Å². The summed E-state index contributed by atoms with van der Waals surface area (Å²) in [6.07, 6.45) is 4.30. The molecule has 2 nitrogen and oxygen atoms in total. The van der Waals surface area contributed by atoms with Crippen molar-refractivity contribution in [3.63, 3.8) is 0 Å². The zero-order valence-electron chi connectivity index (χ0n) is 6.26.